The summed E-state index contributed by atoms with van der Waals surface area (Å²) < 4.78 is 0. The maximum atomic E-state index is 6.18. The number of thioether (sulfide) groups is 1. The molecule has 0 saturated heterocycles. The molecule has 0 aromatic heterocycles. The molecule has 7 rings (SSSR count). The number of aliphatic imine (C=N–C) groups is 1. The van der Waals surface area contributed by atoms with Gasteiger partial charge in [-0.1, -0.05) is 42.5 Å². The normalized spacial score (nSPS) is 43.7. The van der Waals surface area contributed by atoms with Gasteiger partial charge in [0.25, 0.3) is 0 Å². The van der Waals surface area contributed by atoms with Crippen LogP contribution < -0.4 is 5.73 Å². The molecule has 166 valence electrons. The molecule has 31 heavy (non-hydrogen) atoms. The van der Waals surface area contributed by atoms with Crippen LogP contribution in [0.4, 0.5) is 0 Å². The van der Waals surface area contributed by atoms with Crippen molar-refractivity contribution >= 4 is 35.2 Å². The molecule has 6 fully saturated rings. The van der Waals surface area contributed by atoms with Crippen molar-refractivity contribution in [3.05, 3.63) is 35.9 Å². The molecular formula is C27H36N2S2. The van der Waals surface area contributed by atoms with Crippen LogP contribution >= 0.6 is 24.0 Å². The first-order valence-corrected chi connectivity index (χ1v) is 14.0. The van der Waals surface area contributed by atoms with Crippen LogP contribution in [0.15, 0.2) is 35.3 Å². The Balaban J connectivity index is 1.25. The summed E-state index contributed by atoms with van der Waals surface area (Å²) in [5, 5.41) is 1.75. The van der Waals surface area contributed by atoms with Crippen molar-refractivity contribution in [3.63, 3.8) is 0 Å². The summed E-state index contributed by atoms with van der Waals surface area (Å²) in [5.74, 6) is 2.89. The number of thiocarbonyl (C=S) groups is 1. The number of benzene rings is 1. The Labute approximate surface area is 197 Å². The largest absolute Gasteiger partial charge is 0.330 e. The van der Waals surface area contributed by atoms with E-state index < -0.39 is 0 Å². The lowest BCUT2D eigenvalue weighted by atomic mass is 9.63. The van der Waals surface area contributed by atoms with Crippen molar-refractivity contribution in [2.45, 2.75) is 80.1 Å². The van der Waals surface area contributed by atoms with Gasteiger partial charge in [-0.05, 0) is 105 Å². The first-order chi connectivity index (χ1) is 15.1. The van der Waals surface area contributed by atoms with E-state index in [0.29, 0.717) is 11.3 Å². The zero-order valence-electron chi connectivity index (χ0n) is 18.5. The SMILES string of the molecule is NCC1CCC(/C=N/C(=S)C23CC4CC(c5ccccc5)(CC2C4SC2CC2)C3)CC1. The van der Waals surface area contributed by atoms with E-state index in [4.69, 9.17) is 22.9 Å². The highest BCUT2D eigenvalue weighted by atomic mass is 32.2. The molecule has 1 aromatic rings. The fourth-order valence-corrected chi connectivity index (χ4v) is 9.98. The lowest BCUT2D eigenvalue weighted by molar-refractivity contribution is 0.221. The second-order valence-corrected chi connectivity index (χ2v) is 13.2. The molecule has 6 saturated carbocycles. The lowest BCUT2D eigenvalue weighted by Crippen LogP contribution is -2.38. The molecule has 4 heteroatoms. The van der Waals surface area contributed by atoms with Crippen molar-refractivity contribution < 1.29 is 0 Å². The van der Waals surface area contributed by atoms with Gasteiger partial charge in [0.15, 0.2) is 0 Å². The molecule has 2 nitrogen and oxygen atoms in total. The fraction of sp³-hybridized carbons (Fsp3) is 0.704. The smallest absolute Gasteiger partial charge is 0.109 e. The summed E-state index contributed by atoms with van der Waals surface area (Å²) in [5.41, 5.74) is 7.96. The molecule has 5 unspecified atom stereocenters. The fourth-order valence-electron chi connectivity index (χ4n) is 7.79. The summed E-state index contributed by atoms with van der Waals surface area (Å²) in [4.78, 5) is 6.14. The first-order valence-electron chi connectivity index (χ1n) is 12.6. The maximum Gasteiger partial charge on any atom is 0.109 e. The predicted octanol–water partition coefficient (Wildman–Crippen LogP) is 6.17. The van der Waals surface area contributed by atoms with Gasteiger partial charge < -0.3 is 5.73 Å². The molecule has 5 atom stereocenters. The van der Waals surface area contributed by atoms with Gasteiger partial charge in [-0.15, -0.1) is 0 Å². The molecule has 2 N–H and O–H groups in total. The van der Waals surface area contributed by atoms with Gasteiger partial charge in [-0.2, -0.15) is 11.8 Å². The van der Waals surface area contributed by atoms with E-state index >= 15 is 0 Å². The minimum absolute atomic E-state index is 0.172. The Hall–Kier alpha value is -0.710. The Morgan fingerprint density at radius 2 is 1.84 bits per heavy atom. The molecule has 0 radical (unpaired) electrons. The number of nitrogens with two attached hydrogens (primary N) is 1. The van der Waals surface area contributed by atoms with Gasteiger partial charge in [-0.3, -0.25) is 4.99 Å². The van der Waals surface area contributed by atoms with E-state index in [1.54, 1.807) is 5.56 Å². The highest BCUT2D eigenvalue weighted by Gasteiger charge is 2.70. The van der Waals surface area contributed by atoms with Crippen molar-refractivity contribution in [3.8, 4) is 0 Å². The van der Waals surface area contributed by atoms with Gasteiger partial charge in [0.2, 0.25) is 0 Å². The molecule has 0 heterocycles. The molecule has 0 amide bonds. The van der Waals surface area contributed by atoms with E-state index in [2.05, 4.69) is 48.3 Å². The third-order valence-electron chi connectivity index (χ3n) is 9.43. The number of nitrogens with zero attached hydrogens (tertiary/aromatic N) is 1. The van der Waals surface area contributed by atoms with E-state index in [-0.39, 0.29) is 5.41 Å². The van der Waals surface area contributed by atoms with Gasteiger partial charge in [0, 0.05) is 22.1 Å². The van der Waals surface area contributed by atoms with Crippen molar-refractivity contribution in [1.29, 1.82) is 0 Å². The molecule has 4 bridgehead atoms. The van der Waals surface area contributed by atoms with Gasteiger partial charge >= 0.3 is 0 Å². The van der Waals surface area contributed by atoms with Crippen LogP contribution in [0.2, 0.25) is 0 Å². The van der Waals surface area contributed by atoms with Gasteiger partial charge in [-0.25, -0.2) is 0 Å². The Morgan fingerprint density at radius 3 is 2.55 bits per heavy atom. The second-order valence-electron chi connectivity index (χ2n) is 11.4. The predicted molar refractivity (Wildman–Crippen MR) is 136 cm³/mol. The lowest BCUT2D eigenvalue weighted by Gasteiger charge is -2.43. The van der Waals surface area contributed by atoms with Crippen LogP contribution in [0.3, 0.4) is 0 Å². The summed E-state index contributed by atoms with van der Waals surface area (Å²) in [6, 6.07) is 11.4. The van der Waals surface area contributed by atoms with Crippen molar-refractivity contribution in [2.24, 2.45) is 39.8 Å². The minimum Gasteiger partial charge on any atom is -0.330 e. The van der Waals surface area contributed by atoms with Crippen LogP contribution in [-0.4, -0.2) is 28.2 Å². The van der Waals surface area contributed by atoms with Gasteiger partial charge in [0.1, 0.15) is 4.99 Å². The topological polar surface area (TPSA) is 38.4 Å². The average Bonchev–Trinajstić information content (AvgIpc) is 3.56. The third-order valence-corrected chi connectivity index (χ3v) is 11.8. The van der Waals surface area contributed by atoms with Gasteiger partial charge in [0.05, 0.1) is 0 Å². The van der Waals surface area contributed by atoms with Crippen LogP contribution in [0.5, 0.6) is 0 Å². The molecule has 6 aliphatic carbocycles. The zero-order valence-corrected chi connectivity index (χ0v) is 20.2. The summed E-state index contributed by atoms with van der Waals surface area (Å²) >= 11 is 8.52. The summed E-state index contributed by atoms with van der Waals surface area (Å²) in [6.45, 7) is 0.843. The highest BCUT2D eigenvalue weighted by molar-refractivity contribution is 8.00. The third kappa shape index (κ3) is 3.56. The van der Waals surface area contributed by atoms with Crippen LogP contribution in [0.1, 0.15) is 69.8 Å². The Morgan fingerprint density at radius 1 is 1.06 bits per heavy atom. The van der Waals surface area contributed by atoms with Crippen LogP contribution in [0.25, 0.3) is 0 Å². The standard InChI is InChI=1S/C27H36N2S2/c28-15-18-6-8-19(9-7-18)16-29-25(30)27-13-20-12-26(17-27,21-4-2-1-3-5-21)14-23(27)24(20)31-22-10-11-22/h1-5,16,18-20,22-24H,6-15,17,28H2/b29-16+. The van der Waals surface area contributed by atoms with Crippen LogP contribution in [-0.2, 0) is 5.41 Å². The minimum atomic E-state index is 0.172. The van der Waals surface area contributed by atoms with E-state index in [1.807, 2.05) is 0 Å². The van der Waals surface area contributed by atoms with E-state index in [0.717, 1.165) is 39.8 Å². The second kappa shape index (κ2) is 7.95. The van der Waals surface area contributed by atoms with E-state index in [1.165, 1.54) is 64.2 Å². The van der Waals surface area contributed by atoms with Crippen LogP contribution in [0, 0.1) is 29.1 Å². The first kappa shape index (κ1) is 20.9. The molecule has 1 aromatic carbocycles. The summed E-state index contributed by atoms with van der Waals surface area (Å²) in [6.07, 6.45) is 15.3. The number of hydrogen-bond acceptors (Lipinski definition) is 3. The maximum absolute atomic E-state index is 6.18. The quantitative estimate of drug-likeness (QED) is 0.414. The number of hydrogen-bond donors (Lipinski definition) is 1. The average molecular weight is 453 g/mol. The Kier molecular flexibility index (Phi) is 5.35. The summed E-state index contributed by atoms with van der Waals surface area (Å²) in [7, 11) is 0. The zero-order chi connectivity index (χ0) is 21.1. The monoisotopic (exact) mass is 452 g/mol. The Bertz CT molecular complexity index is 857. The highest BCUT2D eigenvalue weighted by Crippen LogP contribution is 2.74. The van der Waals surface area contributed by atoms with Crippen molar-refractivity contribution in [1.82, 2.24) is 0 Å². The van der Waals surface area contributed by atoms with E-state index in [9.17, 15) is 0 Å². The number of rotatable bonds is 6. The molecule has 0 aliphatic heterocycles. The molecular weight excluding hydrogens is 416 g/mol. The van der Waals surface area contributed by atoms with Crippen molar-refractivity contribution in [2.75, 3.05) is 6.54 Å². The molecule has 0 spiro atoms. The molecule has 6 aliphatic rings.